The molecule has 0 spiro atoms. The molecule has 0 radical (unpaired) electrons. The van der Waals surface area contributed by atoms with Gasteiger partial charge in [0, 0.05) is 5.69 Å². The number of carbonyl (C=O) groups is 4. The molecule has 1 N–H and O–H groups in total. The SMILES string of the molecule is Cc1ccc(C)c(NC(=O)COc2cccc(C=C3C(=O)N(c4ccccc4)C(=O)N(c4ccccc4)C3=O)c2)c1. The van der Waals surface area contributed by atoms with Crippen molar-refractivity contribution in [2.75, 3.05) is 21.7 Å². The van der Waals surface area contributed by atoms with Crippen LogP contribution in [0.1, 0.15) is 16.7 Å². The van der Waals surface area contributed by atoms with Gasteiger partial charge >= 0.3 is 6.03 Å². The van der Waals surface area contributed by atoms with Crippen LogP contribution in [0.5, 0.6) is 5.75 Å². The Kier molecular flexibility index (Phi) is 7.74. The number of nitrogens with one attached hydrogen (secondary N) is 1. The molecule has 204 valence electrons. The maximum absolute atomic E-state index is 13.6. The first kappa shape index (κ1) is 27.1. The predicted octanol–water partition coefficient (Wildman–Crippen LogP) is 5.90. The lowest BCUT2D eigenvalue weighted by molar-refractivity contribution is -0.121. The molecule has 0 aliphatic carbocycles. The lowest BCUT2D eigenvalue weighted by atomic mass is 10.0. The third-order valence-electron chi connectivity index (χ3n) is 6.48. The number of benzene rings is 4. The van der Waals surface area contributed by atoms with Crippen molar-refractivity contribution in [3.63, 3.8) is 0 Å². The van der Waals surface area contributed by atoms with E-state index >= 15 is 0 Å². The second kappa shape index (κ2) is 11.7. The van der Waals surface area contributed by atoms with Crippen LogP contribution in [0, 0.1) is 13.8 Å². The van der Waals surface area contributed by atoms with Crippen molar-refractivity contribution in [1.29, 1.82) is 0 Å². The van der Waals surface area contributed by atoms with Crippen molar-refractivity contribution in [3.05, 3.63) is 125 Å². The summed E-state index contributed by atoms with van der Waals surface area (Å²) in [5, 5.41) is 2.85. The van der Waals surface area contributed by atoms with E-state index in [4.69, 9.17) is 4.74 Å². The number of ether oxygens (including phenoxy) is 1. The number of carbonyl (C=O) groups excluding carboxylic acids is 4. The summed E-state index contributed by atoms with van der Waals surface area (Å²) in [6.07, 6.45) is 1.42. The Labute approximate surface area is 237 Å². The predicted molar refractivity (Wildman–Crippen MR) is 158 cm³/mol. The quantitative estimate of drug-likeness (QED) is 0.230. The molecular weight excluding hydrogens is 518 g/mol. The topological polar surface area (TPSA) is 96.0 Å². The van der Waals surface area contributed by atoms with Gasteiger partial charge in [0.05, 0.1) is 11.4 Å². The van der Waals surface area contributed by atoms with Gasteiger partial charge in [0.15, 0.2) is 6.61 Å². The Hall–Kier alpha value is -5.50. The van der Waals surface area contributed by atoms with Crippen LogP contribution in [0.2, 0.25) is 0 Å². The number of nitrogens with zero attached hydrogens (tertiary/aromatic N) is 2. The number of anilines is 3. The van der Waals surface area contributed by atoms with Gasteiger partial charge in [-0.25, -0.2) is 14.6 Å². The van der Waals surface area contributed by atoms with Gasteiger partial charge in [-0.15, -0.1) is 0 Å². The molecule has 1 fully saturated rings. The smallest absolute Gasteiger partial charge is 0.343 e. The number of hydrogen-bond donors (Lipinski definition) is 1. The van der Waals surface area contributed by atoms with E-state index in [2.05, 4.69) is 5.32 Å². The van der Waals surface area contributed by atoms with Crippen LogP contribution in [0.3, 0.4) is 0 Å². The number of aryl methyl sites for hydroxylation is 2. The summed E-state index contributed by atoms with van der Waals surface area (Å²) < 4.78 is 5.71. The molecule has 1 aliphatic rings. The molecule has 8 nitrogen and oxygen atoms in total. The highest BCUT2D eigenvalue weighted by atomic mass is 16.5. The number of rotatable bonds is 7. The minimum Gasteiger partial charge on any atom is -0.484 e. The first-order chi connectivity index (χ1) is 19.8. The molecule has 5 rings (SSSR count). The van der Waals surface area contributed by atoms with E-state index in [0.717, 1.165) is 20.9 Å². The number of hydrogen-bond acceptors (Lipinski definition) is 5. The molecule has 0 atom stereocenters. The lowest BCUT2D eigenvalue weighted by Gasteiger charge is -2.33. The summed E-state index contributed by atoms with van der Waals surface area (Å²) >= 11 is 0. The third kappa shape index (κ3) is 5.91. The maximum Gasteiger partial charge on any atom is 0.343 e. The van der Waals surface area contributed by atoms with E-state index in [0.29, 0.717) is 28.4 Å². The average Bonchev–Trinajstić information content (AvgIpc) is 2.97. The van der Waals surface area contributed by atoms with Crippen molar-refractivity contribution < 1.29 is 23.9 Å². The number of amides is 5. The van der Waals surface area contributed by atoms with Gasteiger partial charge < -0.3 is 10.1 Å². The summed E-state index contributed by atoms with van der Waals surface area (Å²) in [4.78, 5) is 55.1. The molecule has 0 unspecified atom stereocenters. The van der Waals surface area contributed by atoms with Crippen LogP contribution >= 0.6 is 0 Å². The Morgan fingerprint density at radius 2 is 1.37 bits per heavy atom. The van der Waals surface area contributed by atoms with Crippen molar-refractivity contribution in [1.82, 2.24) is 0 Å². The molecule has 0 saturated carbocycles. The minimum absolute atomic E-state index is 0.192. The van der Waals surface area contributed by atoms with Gasteiger partial charge in [0.1, 0.15) is 11.3 Å². The molecule has 4 aromatic rings. The van der Waals surface area contributed by atoms with Crippen LogP contribution in [0.15, 0.2) is 109 Å². The Balaban J connectivity index is 1.41. The van der Waals surface area contributed by atoms with Gasteiger partial charge in [-0.05, 0) is 79.1 Å². The standard InChI is InChI=1S/C33H27N3O5/c1-22-16-17-23(2)29(18-22)34-30(37)21-41-27-15-9-10-24(19-27)20-28-31(38)35(25-11-5-3-6-12-25)33(40)36(32(28)39)26-13-7-4-8-14-26/h3-20H,21H2,1-2H3,(H,34,37). The number of para-hydroxylation sites is 2. The first-order valence-corrected chi connectivity index (χ1v) is 13.0. The molecule has 4 aromatic carbocycles. The Morgan fingerprint density at radius 1 is 0.756 bits per heavy atom. The van der Waals surface area contributed by atoms with Crippen LogP contribution in [0.4, 0.5) is 21.9 Å². The monoisotopic (exact) mass is 545 g/mol. The van der Waals surface area contributed by atoms with Gasteiger partial charge in [-0.1, -0.05) is 60.7 Å². The average molecular weight is 546 g/mol. The van der Waals surface area contributed by atoms with Crippen molar-refractivity contribution in [3.8, 4) is 5.75 Å². The van der Waals surface area contributed by atoms with E-state index < -0.39 is 17.8 Å². The third-order valence-corrected chi connectivity index (χ3v) is 6.48. The van der Waals surface area contributed by atoms with E-state index in [1.54, 1.807) is 84.9 Å². The summed E-state index contributed by atoms with van der Waals surface area (Å²) in [7, 11) is 0. The van der Waals surface area contributed by atoms with Crippen molar-refractivity contribution >= 4 is 46.9 Å². The summed E-state index contributed by atoms with van der Waals surface area (Å²) in [5.74, 6) is -1.42. The zero-order valence-electron chi connectivity index (χ0n) is 22.5. The molecule has 8 heteroatoms. The van der Waals surface area contributed by atoms with Gasteiger partial charge in [0.2, 0.25) is 0 Å². The number of urea groups is 1. The van der Waals surface area contributed by atoms with Crippen LogP contribution in [0.25, 0.3) is 6.08 Å². The molecular formula is C33H27N3O5. The highest BCUT2D eigenvalue weighted by Crippen LogP contribution is 2.30. The second-order valence-corrected chi connectivity index (χ2v) is 9.52. The summed E-state index contributed by atoms with van der Waals surface area (Å²) in [6, 6.07) is 28.6. The van der Waals surface area contributed by atoms with Crippen molar-refractivity contribution in [2.24, 2.45) is 0 Å². The van der Waals surface area contributed by atoms with Gasteiger partial charge in [-0.3, -0.25) is 14.4 Å². The van der Waals surface area contributed by atoms with Gasteiger partial charge in [0.25, 0.3) is 17.7 Å². The second-order valence-electron chi connectivity index (χ2n) is 9.52. The van der Waals surface area contributed by atoms with E-state index in [-0.39, 0.29) is 18.1 Å². The number of imide groups is 2. The minimum atomic E-state index is -0.763. The molecule has 1 heterocycles. The fraction of sp³-hybridized carbons (Fsp3) is 0.0909. The Morgan fingerprint density at radius 3 is 1.98 bits per heavy atom. The highest BCUT2D eigenvalue weighted by molar-refractivity contribution is 6.46. The highest BCUT2D eigenvalue weighted by Gasteiger charge is 2.43. The van der Waals surface area contributed by atoms with E-state index in [1.807, 2.05) is 32.0 Å². The Bertz CT molecular complexity index is 1600. The largest absolute Gasteiger partial charge is 0.484 e. The number of barbiturate groups is 1. The van der Waals surface area contributed by atoms with Crippen LogP contribution in [-0.4, -0.2) is 30.4 Å². The van der Waals surface area contributed by atoms with Crippen LogP contribution < -0.4 is 19.9 Å². The fourth-order valence-electron chi connectivity index (χ4n) is 4.41. The van der Waals surface area contributed by atoms with Gasteiger partial charge in [-0.2, -0.15) is 0 Å². The molecule has 0 bridgehead atoms. The fourth-order valence-corrected chi connectivity index (χ4v) is 4.41. The first-order valence-electron chi connectivity index (χ1n) is 13.0. The normalized spacial score (nSPS) is 13.3. The lowest BCUT2D eigenvalue weighted by Crippen LogP contribution is -2.57. The zero-order valence-corrected chi connectivity index (χ0v) is 22.5. The maximum atomic E-state index is 13.6. The summed E-state index contributed by atoms with van der Waals surface area (Å²) in [5.41, 5.74) is 3.66. The van der Waals surface area contributed by atoms with Crippen molar-refractivity contribution in [2.45, 2.75) is 13.8 Å². The molecule has 5 amide bonds. The zero-order chi connectivity index (χ0) is 28.9. The molecule has 41 heavy (non-hydrogen) atoms. The summed E-state index contributed by atoms with van der Waals surface area (Å²) in [6.45, 7) is 3.62. The molecule has 1 aliphatic heterocycles. The van der Waals surface area contributed by atoms with E-state index in [9.17, 15) is 19.2 Å². The van der Waals surface area contributed by atoms with Crippen LogP contribution in [-0.2, 0) is 14.4 Å². The molecule has 1 saturated heterocycles. The van der Waals surface area contributed by atoms with E-state index in [1.165, 1.54) is 6.08 Å². The molecule has 0 aromatic heterocycles.